The number of carbonyl (C=O) groups is 1. The molecule has 0 radical (unpaired) electrons. The molecule has 118 valence electrons. The predicted molar refractivity (Wildman–Crippen MR) is 83.1 cm³/mol. The lowest BCUT2D eigenvalue weighted by Gasteiger charge is -2.32. The minimum Gasteiger partial charge on any atom is -0.294 e. The molecule has 0 aliphatic heterocycles. The molecule has 0 amide bonds. The van der Waals surface area contributed by atoms with E-state index >= 15 is 0 Å². The molecule has 1 fully saturated rings. The lowest BCUT2D eigenvalue weighted by atomic mass is 9.70. The summed E-state index contributed by atoms with van der Waals surface area (Å²) in [7, 11) is -4.17. The number of rotatable bonds is 3. The zero-order valence-electron chi connectivity index (χ0n) is 13.0. The van der Waals surface area contributed by atoms with E-state index in [-0.39, 0.29) is 21.5 Å². The SMILES string of the molecule is CC1(C)C2=C(Cc3ccc(S(=O)(=O)O)cc3)C(=O)C1(C)CC2. The van der Waals surface area contributed by atoms with Crippen LogP contribution in [0.5, 0.6) is 0 Å². The molecule has 1 saturated carbocycles. The van der Waals surface area contributed by atoms with Crippen molar-refractivity contribution in [3.63, 3.8) is 0 Å². The van der Waals surface area contributed by atoms with Gasteiger partial charge in [-0.2, -0.15) is 8.42 Å². The fourth-order valence-electron chi connectivity index (χ4n) is 3.90. The van der Waals surface area contributed by atoms with Gasteiger partial charge in [-0.15, -0.1) is 0 Å². The zero-order valence-corrected chi connectivity index (χ0v) is 13.8. The highest BCUT2D eigenvalue weighted by Crippen LogP contribution is 2.63. The quantitative estimate of drug-likeness (QED) is 0.868. The number of hydrogen-bond acceptors (Lipinski definition) is 3. The van der Waals surface area contributed by atoms with Gasteiger partial charge in [0.05, 0.1) is 4.90 Å². The molecular formula is C17H20O4S. The monoisotopic (exact) mass is 320 g/mol. The number of allylic oxidation sites excluding steroid dienone is 2. The first kappa shape index (κ1) is 15.4. The lowest BCUT2D eigenvalue weighted by molar-refractivity contribution is -0.126. The molecule has 0 aromatic heterocycles. The third-order valence-electron chi connectivity index (χ3n) is 5.75. The first-order chi connectivity index (χ1) is 10.1. The molecule has 22 heavy (non-hydrogen) atoms. The summed E-state index contributed by atoms with van der Waals surface area (Å²) in [4.78, 5) is 12.6. The molecule has 2 aliphatic rings. The summed E-state index contributed by atoms with van der Waals surface area (Å²) >= 11 is 0. The maximum Gasteiger partial charge on any atom is 0.294 e. The van der Waals surface area contributed by atoms with E-state index in [9.17, 15) is 13.2 Å². The van der Waals surface area contributed by atoms with Gasteiger partial charge in [-0.05, 0) is 41.5 Å². The van der Waals surface area contributed by atoms with Crippen LogP contribution >= 0.6 is 0 Å². The average Bonchev–Trinajstić information content (AvgIpc) is 2.73. The topological polar surface area (TPSA) is 71.4 Å². The molecule has 1 atom stereocenters. The second kappa shape index (κ2) is 4.52. The molecule has 1 aromatic carbocycles. The Morgan fingerprint density at radius 2 is 1.73 bits per heavy atom. The standard InChI is InChI=1S/C17H20O4S/c1-16(2)14-8-9-17(16,3)15(18)13(14)10-11-4-6-12(7-5-11)22(19,20)21/h4-7H,8-10H2,1-3H3,(H,19,20,21). The van der Waals surface area contributed by atoms with Gasteiger partial charge in [0.2, 0.25) is 0 Å². The Kier molecular flexibility index (Phi) is 3.17. The molecule has 0 heterocycles. The molecule has 1 unspecified atom stereocenters. The zero-order chi connectivity index (χ0) is 16.3. The third-order valence-corrected chi connectivity index (χ3v) is 6.62. The predicted octanol–water partition coefficient (Wildman–Crippen LogP) is 3.18. The molecule has 4 nitrogen and oxygen atoms in total. The van der Waals surface area contributed by atoms with Gasteiger partial charge in [0.25, 0.3) is 10.1 Å². The minimum absolute atomic E-state index is 0.0895. The summed E-state index contributed by atoms with van der Waals surface area (Å²) in [5, 5.41) is 0. The smallest absolute Gasteiger partial charge is 0.294 e. The third kappa shape index (κ3) is 1.99. The van der Waals surface area contributed by atoms with Gasteiger partial charge in [-0.25, -0.2) is 0 Å². The molecule has 5 heteroatoms. The van der Waals surface area contributed by atoms with Crippen LogP contribution in [0.4, 0.5) is 0 Å². The van der Waals surface area contributed by atoms with Gasteiger partial charge in [0.1, 0.15) is 0 Å². The number of hydrogen-bond donors (Lipinski definition) is 1. The van der Waals surface area contributed by atoms with Crippen LogP contribution in [0.25, 0.3) is 0 Å². The van der Waals surface area contributed by atoms with Crippen molar-refractivity contribution in [1.82, 2.24) is 0 Å². The molecule has 0 saturated heterocycles. The number of fused-ring (bicyclic) bond motifs is 2. The van der Waals surface area contributed by atoms with Crippen LogP contribution in [-0.2, 0) is 21.3 Å². The van der Waals surface area contributed by atoms with Gasteiger partial charge < -0.3 is 0 Å². The van der Waals surface area contributed by atoms with E-state index in [0.717, 1.165) is 24.0 Å². The van der Waals surface area contributed by atoms with E-state index in [2.05, 4.69) is 20.8 Å². The van der Waals surface area contributed by atoms with Gasteiger partial charge >= 0.3 is 0 Å². The van der Waals surface area contributed by atoms with Crippen molar-refractivity contribution in [1.29, 1.82) is 0 Å². The van der Waals surface area contributed by atoms with Gasteiger partial charge in [0, 0.05) is 11.8 Å². The van der Waals surface area contributed by atoms with Crippen LogP contribution in [-0.4, -0.2) is 18.8 Å². The first-order valence-electron chi connectivity index (χ1n) is 7.41. The van der Waals surface area contributed by atoms with Crippen LogP contribution < -0.4 is 0 Å². The van der Waals surface area contributed by atoms with Crippen molar-refractivity contribution in [3.8, 4) is 0 Å². The van der Waals surface area contributed by atoms with E-state index in [0.29, 0.717) is 6.42 Å². The maximum absolute atomic E-state index is 12.7. The van der Waals surface area contributed by atoms with Crippen molar-refractivity contribution in [2.45, 2.75) is 44.9 Å². The van der Waals surface area contributed by atoms with Crippen LogP contribution in [0.3, 0.4) is 0 Å². The van der Waals surface area contributed by atoms with Gasteiger partial charge in [-0.1, -0.05) is 38.5 Å². The largest absolute Gasteiger partial charge is 0.294 e. The molecule has 2 aliphatic carbocycles. The van der Waals surface area contributed by atoms with Crippen molar-refractivity contribution >= 4 is 15.9 Å². The number of benzene rings is 1. The maximum atomic E-state index is 12.7. The Bertz CT molecular complexity index is 784. The molecule has 3 rings (SSSR count). The van der Waals surface area contributed by atoms with E-state index < -0.39 is 10.1 Å². The fourth-order valence-corrected chi connectivity index (χ4v) is 4.38. The van der Waals surface area contributed by atoms with Crippen LogP contribution in [0.2, 0.25) is 0 Å². The summed E-state index contributed by atoms with van der Waals surface area (Å²) in [5.74, 6) is 0.234. The first-order valence-corrected chi connectivity index (χ1v) is 8.85. The van der Waals surface area contributed by atoms with Crippen LogP contribution in [0.1, 0.15) is 39.2 Å². The van der Waals surface area contributed by atoms with Crippen LogP contribution in [0.15, 0.2) is 40.3 Å². The van der Waals surface area contributed by atoms with Crippen LogP contribution in [0, 0.1) is 10.8 Å². The second-order valence-electron chi connectivity index (χ2n) is 7.04. The highest BCUT2D eigenvalue weighted by Gasteiger charge is 2.59. The summed E-state index contributed by atoms with van der Waals surface area (Å²) < 4.78 is 31.1. The minimum atomic E-state index is -4.17. The molecule has 0 spiro atoms. The Morgan fingerprint density at radius 3 is 2.18 bits per heavy atom. The van der Waals surface area contributed by atoms with Crippen molar-refractivity contribution in [2.24, 2.45) is 10.8 Å². The Balaban J connectivity index is 1.93. The van der Waals surface area contributed by atoms with E-state index in [1.807, 2.05) is 0 Å². The lowest BCUT2D eigenvalue weighted by Crippen LogP contribution is -2.33. The Morgan fingerprint density at radius 1 is 1.14 bits per heavy atom. The summed E-state index contributed by atoms with van der Waals surface area (Å²) in [6.45, 7) is 6.33. The Labute approximate surface area is 131 Å². The van der Waals surface area contributed by atoms with Crippen molar-refractivity contribution in [3.05, 3.63) is 41.0 Å². The van der Waals surface area contributed by atoms with E-state index in [4.69, 9.17) is 4.55 Å². The summed E-state index contributed by atoms with van der Waals surface area (Å²) in [6.07, 6.45) is 2.41. The van der Waals surface area contributed by atoms with E-state index in [1.54, 1.807) is 12.1 Å². The highest BCUT2D eigenvalue weighted by atomic mass is 32.2. The number of ketones is 1. The molecule has 1 N–H and O–H groups in total. The molecule has 1 aromatic rings. The van der Waals surface area contributed by atoms with E-state index in [1.165, 1.54) is 17.7 Å². The Hall–Kier alpha value is -1.46. The summed E-state index contributed by atoms with van der Waals surface area (Å²) in [5.41, 5.74) is 2.63. The number of carbonyl (C=O) groups excluding carboxylic acids is 1. The second-order valence-corrected chi connectivity index (χ2v) is 8.46. The number of Topliss-reactive ketones (excluding diaryl/α,β-unsaturated/α-hetero) is 1. The average molecular weight is 320 g/mol. The normalized spacial score (nSPS) is 26.8. The van der Waals surface area contributed by atoms with Crippen molar-refractivity contribution in [2.75, 3.05) is 0 Å². The molecule has 2 bridgehead atoms. The fraction of sp³-hybridized carbons (Fsp3) is 0.471. The van der Waals surface area contributed by atoms with Gasteiger partial charge in [-0.3, -0.25) is 9.35 Å². The van der Waals surface area contributed by atoms with Gasteiger partial charge in [0.15, 0.2) is 5.78 Å². The molecular weight excluding hydrogens is 300 g/mol. The van der Waals surface area contributed by atoms with Crippen molar-refractivity contribution < 1.29 is 17.8 Å². The summed E-state index contributed by atoms with van der Waals surface area (Å²) in [6, 6.07) is 6.07. The highest BCUT2D eigenvalue weighted by molar-refractivity contribution is 7.85.